The van der Waals surface area contributed by atoms with Gasteiger partial charge in [0.15, 0.2) is 0 Å². The SMILES string of the molecule is CN1C2CCC1CC1(CCCC1CCN)C2. The van der Waals surface area contributed by atoms with Gasteiger partial charge in [0.2, 0.25) is 0 Å². The fourth-order valence-electron chi connectivity index (χ4n) is 5.00. The van der Waals surface area contributed by atoms with Gasteiger partial charge >= 0.3 is 0 Å². The maximum absolute atomic E-state index is 5.80. The molecule has 0 aromatic heterocycles. The molecule has 1 spiro atoms. The van der Waals surface area contributed by atoms with Gasteiger partial charge in [-0.15, -0.1) is 0 Å². The second-order valence-electron chi connectivity index (χ2n) is 6.49. The van der Waals surface area contributed by atoms with Crippen LogP contribution in [0.1, 0.15) is 51.4 Å². The quantitative estimate of drug-likeness (QED) is 0.777. The first-order valence-corrected chi connectivity index (χ1v) is 7.17. The second kappa shape index (κ2) is 3.99. The van der Waals surface area contributed by atoms with Gasteiger partial charge in [-0.25, -0.2) is 0 Å². The average molecular weight is 222 g/mol. The minimum atomic E-state index is 0.706. The Bertz CT molecular complexity index is 249. The summed E-state index contributed by atoms with van der Waals surface area (Å²) in [6.07, 6.45) is 11.6. The van der Waals surface area contributed by atoms with Crippen LogP contribution in [0, 0.1) is 11.3 Å². The monoisotopic (exact) mass is 222 g/mol. The summed E-state index contributed by atoms with van der Waals surface area (Å²) in [7, 11) is 2.35. The summed E-state index contributed by atoms with van der Waals surface area (Å²) in [6.45, 7) is 0.900. The van der Waals surface area contributed by atoms with Crippen molar-refractivity contribution in [3.05, 3.63) is 0 Å². The van der Waals surface area contributed by atoms with Gasteiger partial charge in [0.25, 0.3) is 0 Å². The maximum atomic E-state index is 5.80. The number of nitrogens with two attached hydrogens (primary N) is 1. The van der Waals surface area contributed by atoms with E-state index in [0.29, 0.717) is 5.41 Å². The largest absolute Gasteiger partial charge is 0.330 e. The van der Waals surface area contributed by atoms with E-state index >= 15 is 0 Å². The second-order valence-corrected chi connectivity index (χ2v) is 6.49. The summed E-state index contributed by atoms with van der Waals surface area (Å²) < 4.78 is 0. The van der Waals surface area contributed by atoms with E-state index in [1.165, 1.54) is 51.4 Å². The smallest absolute Gasteiger partial charge is 0.0101 e. The first kappa shape index (κ1) is 11.0. The van der Waals surface area contributed by atoms with Crippen molar-refractivity contribution in [2.45, 2.75) is 63.5 Å². The summed E-state index contributed by atoms with van der Waals surface area (Å²) in [4.78, 5) is 2.67. The van der Waals surface area contributed by atoms with Gasteiger partial charge < -0.3 is 10.6 Å². The van der Waals surface area contributed by atoms with Gasteiger partial charge in [-0.05, 0) is 69.9 Å². The molecule has 1 saturated carbocycles. The Hall–Kier alpha value is -0.0800. The molecule has 2 heterocycles. The first-order valence-electron chi connectivity index (χ1n) is 7.17. The average Bonchev–Trinajstić information content (AvgIpc) is 2.72. The third-order valence-electron chi connectivity index (χ3n) is 5.88. The molecule has 2 aliphatic heterocycles. The van der Waals surface area contributed by atoms with Crippen LogP contribution in [0.15, 0.2) is 0 Å². The number of fused-ring (bicyclic) bond motifs is 2. The van der Waals surface area contributed by atoms with E-state index in [-0.39, 0.29) is 0 Å². The molecule has 3 atom stereocenters. The molecular weight excluding hydrogens is 196 g/mol. The van der Waals surface area contributed by atoms with Crippen LogP contribution in [0.25, 0.3) is 0 Å². The Morgan fingerprint density at radius 3 is 2.50 bits per heavy atom. The Kier molecular flexibility index (Phi) is 2.75. The summed E-state index contributed by atoms with van der Waals surface area (Å²) in [5.41, 5.74) is 6.51. The Balaban J connectivity index is 1.79. The highest BCUT2D eigenvalue weighted by molar-refractivity contribution is 5.04. The summed E-state index contributed by atoms with van der Waals surface area (Å²) in [5, 5.41) is 0. The first-order chi connectivity index (χ1) is 7.75. The lowest BCUT2D eigenvalue weighted by molar-refractivity contribution is 0.0288. The Morgan fingerprint density at radius 1 is 1.19 bits per heavy atom. The van der Waals surface area contributed by atoms with E-state index in [4.69, 9.17) is 5.73 Å². The Morgan fingerprint density at radius 2 is 1.88 bits per heavy atom. The summed E-state index contributed by atoms with van der Waals surface area (Å²) in [6, 6.07) is 1.80. The van der Waals surface area contributed by atoms with E-state index in [9.17, 15) is 0 Å². The van der Waals surface area contributed by atoms with Crippen molar-refractivity contribution < 1.29 is 0 Å². The van der Waals surface area contributed by atoms with Crippen molar-refractivity contribution in [2.75, 3.05) is 13.6 Å². The van der Waals surface area contributed by atoms with Crippen LogP contribution in [-0.4, -0.2) is 30.6 Å². The van der Waals surface area contributed by atoms with Crippen LogP contribution >= 0.6 is 0 Å². The van der Waals surface area contributed by atoms with Gasteiger partial charge in [-0.2, -0.15) is 0 Å². The number of piperidine rings is 1. The van der Waals surface area contributed by atoms with Crippen LogP contribution in [-0.2, 0) is 0 Å². The molecule has 1 aliphatic carbocycles. The van der Waals surface area contributed by atoms with Crippen molar-refractivity contribution in [3.63, 3.8) is 0 Å². The van der Waals surface area contributed by atoms with E-state index in [0.717, 1.165) is 24.5 Å². The Labute approximate surface area is 99.6 Å². The van der Waals surface area contributed by atoms with Gasteiger partial charge in [0.05, 0.1) is 0 Å². The summed E-state index contributed by atoms with van der Waals surface area (Å²) >= 11 is 0. The lowest BCUT2D eigenvalue weighted by Crippen LogP contribution is -2.47. The molecule has 16 heavy (non-hydrogen) atoms. The molecule has 2 N–H and O–H groups in total. The van der Waals surface area contributed by atoms with Crippen LogP contribution in [0.3, 0.4) is 0 Å². The van der Waals surface area contributed by atoms with Crippen LogP contribution in [0.4, 0.5) is 0 Å². The lowest BCUT2D eigenvalue weighted by atomic mass is 9.67. The van der Waals surface area contributed by atoms with Crippen molar-refractivity contribution in [2.24, 2.45) is 17.1 Å². The number of rotatable bonds is 2. The lowest BCUT2D eigenvalue weighted by Gasteiger charge is -2.47. The minimum Gasteiger partial charge on any atom is -0.330 e. The predicted molar refractivity (Wildman–Crippen MR) is 67.3 cm³/mol. The van der Waals surface area contributed by atoms with Crippen molar-refractivity contribution >= 4 is 0 Å². The third kappa shape index (κ3) is 1.53. The predicted octanol–water partition coefficient (Wildman–Crippen LogP) is 2.38. The number of hydrogen-bond acceptors (Lipinski definition) is 2. The third-order valence-corrected chi connectivity index (χ3v) is 5.88. The van der Waals surface area contributed by atoms with Crippen LogP contribution in [0.2, 0.25) is 0 Å². The molecule has 0 amide bonds. The topological polar surface area (TPSA) is 29.3 Å². The molecule has 3 unspecified atom stereocenters. The molecule has 3 aliphatic rings. The molecule has 3 fully saturated rings. The molecule has 2 saturated heterocycles. The molecule has 0 aromatic carbocycles. The highest BCUT2D eigenvalue weighted by Crippen LogP contribution is 2.57. The molecule has 2 heteroatoms. The molecule has 0 radical (unpaired) electrons. The maximum Gasteiger partial charge on any atom is 0.0101 e. The fourth-order valence-corrected chi connectivity index (χ4v) is 5.00. The van der Waals surface area contributed by atoms with Gasteiger partial charge in [0, 0.05) is 12.1 Å². The summed E-state index contributed by atoms with van der Waals surface area (Å²) in [5.74, 6) is 0.953. The highest BCUT2D eigenvalue weighted by atomic mass is 15.2. The van der Waals surface area contributed by atoms with Crippen LogP contribution in [0.5, 0.6) is 0 Å². The highest BCUT2D eigenvalue weighted by Gasteiger charge is 2.51. The standard InChI is InChI=1S/C14H26N2/c1-16-12-4-5-13(16)10-14(9-12)7-2-3-11(14)6-8-15/h11-13H,2-10,15H2,1H3. The van der Waals surface area contributed by atoms with E-state index < -0.39 is 0 Å². The number of nitrogens with zero attached hydrogens (tertiary/aromatic N) is 1. The zero-order valence-electron chi connectivity index (χ0n) is 10.6. The van der Waals surface area contributed by atoms with Gasteiger partial charge in [0.1, 0.15) is 0 Å². The van der Waals surface area contributed by atoms with Crippen molar-refractivity contribution in [1.82, 2.24) is 4.90 Å². The normalized spacial score (nSPS) is 48.0. The fraction of sp³-hybridized carbons (Fsp3) is 1.00. The molecule has 2 nitrogen and oxygen atoms in total. The van der Waals surface area contributed by atoms with Gasteiger partial charge in [-0.3, -0.25) is 0 Å². The molecule has 92 valence electrons. The minimum absolute atomic E-state index is 0.706. The van der Waals surface area contributed by atoms with E-state index in [1.807, 2.05) is 0 Å². The molecule has 3 rings (SSSR count). The van der Waals surface area contributed by atoms with Crippen molar-refractivity contribution in [3.8, 4) is 0 Å². The molecule has 0 aromatic rings. The van der Waals surface area contributed by atoms with Crippen LogP contribution < -0.4 is 5.73 Å². The molecular formula is C14H26N2. The van der Waals surface area contributed by atoms with E-state index in [1.54, 1.807) is 0 Å². The van der Waals surface area contributed by atoms with Gasteiger partial charge in [-0.1, -0.05) is 6.42 Å². The molecule has 2 bridgehead atoms. The zero-order chi connectivity index (χ0) is 11.2. The number of hydrogen-bond donors (Lipinski definition) is 1. The van der Waals surface area contributed by atoms with E-state index in [2.05, 4.69) is 11.9 Å². The zero-order valence-corrected chi connectivity index (χ0v) is 10.6. The van der Waals surface area contributed by atoms with Crippen molar-refractivity contribution in [1.29, 1.82) is 0 Å².